The fourth-order valence-corrected chi connectivity index (χ4v) is 2.42. The van der Waals surface area contributed by atoms with Crippen molar-refractivity contribution in [3.63, 3.8) is 0 Å². The third-order valence-electron chi connectivity index (χ3n) is 3.93. The van der Waals surface area contributed by atoms with Gasteiger partial charge in [-0.3, -0.25) is 4.79 Å². The van der Waals surface area contributed by atoms with Crippen molar-refractivity contribution in [2.24, 2.45) is 0 Å². The molecule has 0 radical (unpaired) electrons. The van der Waals surface area contributed by atoms with Gasteiger partial charge in [0, 0.05) is 11.3 Å². The molecule has 0 saturated carbocycles. The van der Waals surface area contributed by atoms with Gasteiger partial charge in [0.2, 0.25) is 0 Å². The number of nitrogens with one attached hydrogen (secondary N) is 1. The highest BCUT2D eigenvalue weighted by Crippen LogP contribution is 2.17. The van der Waals surface area contributed by atoms with Crippen molar-refractivity contribution in [1.29, 1.82) is 0 Å². The van der Waals surface area contributed by atoms with Crippen LogP contribution in [0.4, 0.5) is 5.69 Å². The quantitative estimate of drug-likeness (QED) is 0.703. The molecule has 3 rings (SSSR count). The van der Waals surface area contributed by atoms with Gasteiger partial charge in [0.05, 0.1) is 0 Å². The summed E-state index contributed by atoms with van der Waals surface area (Å²) < 4.78 is 5.81. The summed E-state index contributed by atoms with van der Waals surface area (Å²) in [4.78, 5) is 12.4. The van der Waals surface area contributed by atoms with E-state index in [2.05, 4.69) is 24.4 Å². The van der Waals surface area contributed by atoms with E-state index < -0.39 is 0 Å². The first-order valence-corrected chi connectivity index (χ1v) is 8.26. The van der Waals surface area contributed by atoms with E-state index in [-0.39, 0.29) is 5.91 Å². The van der Waals surface area contributed by atoms with Crippen molar-refractivity contribution in [3.8, 4) is 5.75 Å². The van der Waals surface area contributed by atoms with Gasteiger partial charge in [-0.25, -0.2) is 0 Å². The van der Waals surface area contributed by atoms with Crippen molar-refractivity contribution in [3.05, 3.63) is 95.1 Å². The Morgan fingerprint density at radius 1 is 0.880 bits per heavy atom. The highest BCUT2D eigenvalue weighted by atomic mass is 16.5. The minimum absolute atomic E-state index is 0.148. The largest absolute Gasteiger partial charge is 0.489 e. The van der Waals surface area contributed by atoms with E-state index in [1.807, 2.05) is 55.5 Å². The number of carbonyl (C=O) groups is 1. The van der Waals surface area contributed by atoms with Crippen molar-refractivity contribution >= 4 is 11.6 Å². The van der Waals surface area contributed by atoms with E-state index in [0.717, 1.165) is 16.8 Å². The Balaban J connectivity index is 1.64. The molecule has 1 amide bonds. The lowest BCUT2D eigenvalue weighted by Crippen LogP contribution is -2.11. The molecular weight excluding hydrogens is 310 g/mol. The van der Waals surface area contributed by atoms with Gasteiger partial charge >= 0.3 is 0 Å². The second-order valence-electron chi connectivity index (χ2n) is 6.12. The lowest BCUT2D eigenvalue weighted by molar-refractivity contribution is 0.102. The third-order valence-corrected chi connectivity index (χ3v) is 3.93. The van der Waals surface area contributed by atoms with Gasteiger partial charge in [0.15, 0.2) is 0 Å². The van der Waals surface area contributed by atoms with Crippen LogP contribution in [0.2, 0.25) is 0 Å². The predicted octanol–water partition coefficient (Wildman–Crippen LogP) is 5.13. The van der Waals surface area contributed by atoms with E-state index in [1.54, 1.807) is 12.1 Å². The molecule has 3 aromatic rings. The predicted molar refractivity (Wildman–Crippen MR) is 101 cm³/mol. The van der Waals surface area contributed by atoms with Crippen LogP contribution in [0.25, 0.3) is 0 Å². The van der Waals surface area contributed by atoms with Gasteiger partial charge in [-0.05, 0) is 49.7 Å². The number of hydrogen-bond acceptors (Lipinski definition) is 2. The molecule has 0 heterocycles. The molecule has 0 saturated heterocycles. The molecule has 0 aliphatic rings. The molecule has 126 valence electrons. The molecular formula is C22H21NO2. The van der Waals surface area contributed by atoms with Crippen LogP contribution in [0.1, 0.15) is 27.0 Å². The van der Waals surface area contributed by atoms with E-state index in [0.29, 0.717) is 17.9 Å². The van der Waals surface area contributed by atoms with Gasteiger partial charge in [-0.1, -0.05) is 53.6 Å². The van der Waals surface area contributed by atoms with E-state index in [9.17, 15) is 4.79 Å². The van der Waals surface area contributed by atoms with Crippen molar-refractivity contribution in [1.82, 2.24) is 0 Å². The smallest absolute Gasteiger partial charge is 0.255 e. The van der Waals surface area contributed by atoms with Crippen LogP contribution in [-0.4, -0.2) is 5.91 Å². The summed E-state index contributed by atoms with van der Waals surface area (Å²) in [6.45, 7) is 4.55. The summed E-state index contributed by atoms with van der Waals surface area (Å²) >= 11 is 0. The van der Waals surface area contributed by atoms with Crippen LogP contribution in [-0.2, 0) is 6.61 Å². The highest BCUT2D eigenvalue weighted by Gasteiger charge is 2.07. The zero-order valence-electron chi connectivity index (χ0n) is 14.5. The fourth-order valence-electron chi connectivity index (χ4n) is 2.42. The first kappa shape index (κ1) is 16.8. The number of carbonyl (C=O) groups excluding carboxylic acids is 1. The van der Waals surface area contributed by atoms with E-state index in [4.69, 9.17) is 4.74 Å². The molecule has 3 heteroatoms. The van der Waals surface area contributed by atoms with Gasteiger partial charge in [-0.15, -0.1) is 0 Å². The molecule has 3 nitrogen and oxygen atoms in total. The highest BCUT2D eigenvalue weighted by molar-refractivity contribution is 6.04. The summed E-state index contributed by atoms with van der Waals surface area (Å²) in [7, 11) is 0. The number of hydrogen-bond donors (Lipinski definition) is 1. The normalized spacial score (nSPS) is 10.3. The summed E-state index contributed by atoms with van der Waals surface area (Å²) in [6.07, 6.45) is 0. The minimum Gasteiger partial charge on any atom is -0.489 e. The lowest BCUT2D eigenvalue weighted by Gasteiger charge is -2.09. The average molecular weight is 331 g/mol. The number of aryl methyl sites for hydroxylation is 2. The van der Waals surface area contributed by atoms with E-state index >= 15 is 0 Å². The Bertz CT molecular complexity index is 852. The van der Waals surface area contributed by atoms with Crippen LogP contribution in [0.3, 0.4) is 0 Å². The van der Waals surface area contributed by atoms with Crippen molar-refractivity contribution < 1.29 is 9.53 Å². The summed E-state index contributed by atoms with van der Waals surface area (Å²) in [6, 6.07) is 23.2. The Morgan fingerprint density at radius 3 is 2.20 bits per heavy atom. The summed E-state index contributed by atoms with van der Waals surface area (Å²) in [5.41, 5.74) is 4.83. The molecule has 0 aliphatic heterocycles. The molecule has 0 atom stereocenters. The minimum atomic E-state index is -0.148. The number of ether oxygens (including phenoxy) is 1. The Labute approximate surface area is 148 Å². The zero-order chi connectivity index (χ0) is 17.6. The molecule has 1 N–H and O–H groups in total. The molecule has 0 fully saturated rings. The van der Waals surface area contributed by atoms with E-state index in [1.165, 1.54) is 5.56 Å². The van der Waals surface area contributed by atoms with Crippen LogP contribution in [0, 0.1) is 13.8 Å². The van der Waals surface area contributed by atoms with Gasteiger partial charge < -0.3 is 10.1 Å². The van der Waals surface area contributed by atoms with Crippen LogP contribution < -0.4 is 10.1 Å². The Kier molecular flexibility index (Phi) is 5.14. The molecule has 0 aromatic heterocycles. The molecule has 0 spiro atoms. The molecule has 0 unspecified atom stereocenters. The summed E-state index contributed by atoms with van der Waals surface area (Å²) in [5, 5.41) is 2.90. The standard InChI is InChI=1S/C22H21NO2/c1-16-6-10-18(11-7-16)15-25-21-5-3-4-19(14-21)22(24)23-20-12-8-17(2)9-13-20/h3-14H,15H2,1-2H3,(H,23,24). The Hall–Kier alpha value is -3.07. The number of amides is 1. The maximum atomic E-state index is 12.4. The first-order chi connectivity index (χ1) is 12.1. The fraction of sp³-hybridized carbons (Fsp3) is 0.136. The van der Waals surface area contributed by atoms with Crippen molar-refractivity contribution in [2.45, 2.75) is 20.5 Å². The second kappa shape index (κ2) is 7.67. The number of benzene rings is 3. The third kappa shape index (κ3) is 4.70. The molecule has 0 aliphatic carbocycles. The second-order valence-corrected chi connectivity index (χ2v) is 6.12. The average Bonchev–Trinajstić information content (AvgIpc) is 2.63. The molecule has 25 heavy (non-hydrogen) atoms. The van der Waals surface area contributed by atoms with Gasteiger partial charge in [0.1, 0.15) is 12.4 Å². The first-order valence-electron chi connectivity index (χ1n) is 8.26. The van der Waals surface area contributed by atoms with Gasteiger partial charge in [-0.2, -0.15) is 0 Å². The lowest BCUT2D eigenvalue weighted by atomic mass is 10.1. The maximum Gasteiger partial charge on any atom is 0.255 e. The number of anilines is 1. The van der Waals surface area contributed by atoms with Crippen LogP contribution in [0.5, 0.6) is 5.75 Å². The number of rotatable bonds is 5. The molecule has 0 bridgehead atoms. The summed E-state index contributed by atoms with van der Waals surface area (Å²) in [5.74, 6) is 0.529. The molecule has 3 aromatic carbocycles. The zero-order valence-corrected chi connectivity index (χ0v) is 14.5. The van der Waals surface area contributed by atoms with Crippen LogP contribution >= 0.6 is 0 Å². The van der Waals surface area contributed by atoms with Gasteiger partial charge in [0.25, 0.3) is 5.91 Å². The maximum absolute atomic E-state index is 12.4. The SMILES string of the molecule is Cc1ccc(COc2cccc(C(=O)Nc3ccc(C)cc3)c2)cc1. The van der Waals surface area contributed by atoms with Crippen LogP contribution in [0.15, 0.2) is 72.8 Å². The topological polar surface area (TPSA) is 38.3 Å². The monoisotopic (exact) mass is 331 g/mol. The van der Waals surface area contributed by atoms with Crippen molar-refractivity contribution in [2.75, 3.05) is 5.32 Å². The Morgan fingerprint density at radius 2 is 1.52 bits per heavy atom.